The van der Waals surface area contributed by atoms with E-state index in [1.54, 1.807) is 0 Å². The number of anilines is 1. The Morgan fingerprint density at radius 2 is 2.18 bits per heavy atom. The molecule has 8 nitrogen and oxygen atoms in total. The van der Waals surface area contributed by atoms with E-state index in [1.165, 1.54) is 26.3 Å². The summed E-state index contributed by atoms with van der Waals surface area (Å²) in [4.78, 5) is 0. The van der Waals surface area contributed by atoms with Gasteiger partial charge < -0.3 is 19.3 Å². The van der Waals surface area contributed by atoms with Gasteiger partial charge in [-0.05, 0) is 6.07 Å². The largest absolute Gasteiger partial charge is 0.493 e. The highest BCUT2D eigenvalue weighted by atomic mass is 32.2. The van der Waals surface area contributed by atoms with Crippen molar-refractivity contribution in [3.05, 3.63) is 17.7 Å². The van der Waals surface area contributed by atoms with Crippen LogP contribution in [0.4, 0.5) is 5.69 Å². The number of hydrogen-bond acceptors (Lipinski definition) is 5. The Hall–Kier alpha value is -2.00. The van der Waals surface area contributed by atoms with Crippen LogP contribution in [0.2, 0.25) is 0 Å². The molecule has 1 aromatic rings. The van der Waals surface area contributed by atoms with Gasteiger partial charge in [0.05, 0.1) is 31.6 Å². The van der Waals surface area contributed by atoms with E-state index in [1.807, 2.05) is 0 Å². The van der Waals surface area contributed by atoms with Crippen molar-refractivity contribution in [2.45, 2.75) is 12.5 Å². The third-order valence-electron chi connectivity index (χ3n) is 3.59. The molecule has 2 heterocycles. The Balaban J connectivity index is 2.06. The van der Waals surface area contributed by atoms with E-state index in [9.17, 15) is 13.5 Å². The molecule has 1 aromatic carbocycles. The van der Waals surface area contributed by atoms with Gasteiger partial charge >= 0.3 is 10.2 Å². The van der Waals surface area contributed by atoms with Gasteiger partial charge in [-0.2, -0.15) is 8.42 Å². The second-order valence-electron chi connectivity index (χ2n) is 4.98. The average Bonchev–Trinajstić information content (AvgIpc) is 2.97. The maximum atomic E-state index is 11.8. The molecule has 2 aliphatic heterocycles. The molecule has 1 N–H and O–H groups in total. The zero-order chi connectivity index (χ0) is 15.9. The number of methoxy groups -OCH3 is 1. The lowest BCUT2D eigenvalue weighted by molar-refractivity contribution is 0.138. The normalized spacial score (nSPS) is 22.9. The van der Waals surface area contributed by atoms with Gasteiger partial charge in [-0.15, -0.1) is 4.40 Å². The summed E-state index contributed by atoms with van der Waals surface area (Å²) >= 11 is 0. The molecule has 3 rings (SSSR count). The molecular weight excluding hydrogens is 312 g/mol. The Bertz CT molecular complexity index is 724. The van der Waals surface area contributed by atoms with Crippen molar-refractivity contribution in [2.24, 2.45) is 4.40 Å². The fourth-order valence-corrected chi connectivity index (χ4v) is 3.21. The van der Waals surface area contributed by atoms with E-state index >= 15 is 0 Å². The van der Waals surface area contributed by atoms with Crippen LogP contribution in [0.3, 0.4) is 0 Å². The summed E-state index contributed by atoms with van der Waals surface area (Å²) in [5.41, 5.74) is 0.548. The maximum Gasteiger partial charge on any atom is 0.347 e. The summed E-state index contributed by atoms with van der Waals surface area (Å²) in [7, 11) is -1.11. The summed E-state index contributed by atoms with van der Waals surface area (Å²) in [6.45, 7) is 1.11. The standard InChI is InChI=1S/C13H16N2O6S/c1-15-10-6-11(19-2)12(21-8-3-4-20-7-8)5-9(10)13(16)14-22(15,17)18/h5-6,8H,3-4,7H2,1-2H3,(H,14,16)/t8-/m0/s1. The topological polar surface area (TPSA) is 97.7 Å². The first kappa shape index (κ1) is 14.9. The predicted molar refractivity (Wildman–Crippen MR) is 79.3 cm³/mol. The number of hydrogen-bond donors (Lipinski definition) is 1. The first-order valence-corrected chi connectivity index (χ1v) is 8.06. The highest BCUT2D eigenvalue weighted by Crippen LogP contribution is 2.39. The van der Waals surface area contributed by atoms with Gasteiger partial charge in [-0.3, -0.25) is 4.31 Å². The average molecular weight is 328 g/mol. The van der Waals surface area contributed by atoms with Gasteiger partial charge in [-0.1, -0.05) is 0 Å². The molecule has 2 aliphatic rings. The molecule has 22 heavy (non-hydrogen) atoms. The van der Waals surface area contributed by atoms with Crippen LogP contribution in [-0.2, 0) is 14.9 Å². The second kappa shape index (κ2) is 5.33. The highest BCUT2D eigenvalue weighted by Gasteiger charge is 2.31. The first-order valence-electron chi connectivity index (χ1n) is 6.67. The van der Waals surface area contributed by atoms with E-state index < -0.39 is 16.1 Å². The van der Waals surface area contributed by atoms with Crippen molar-refractivity contribution >= 4 is 21.8 Å². The Kier molecular flexibility index (Phi) is 3.61. The van der Waals surface area contributed by atoms with Crippen LogP contribution in [0, 0.1) is 0 Å². The summed E-state index contributed by atoms with van der Waals surface area (Å²) in [5.74, 6) is 0.219. The number of aliphatic hydroxyl groups excluding tert-OH is 1. The lowest BCUT2D eigenvalue weighted by atomic mass is 10.1. The van der Waals surface area contributed by atoms with Crippen molar-refractivity contribution in [3.8, 4) is 11.5 Å². The molecule has 0 amide bonds. The molecule has 0 aromatic heterocycles. The quantitative estimate of drug-likeness (QED) is 0.884. The van der Waals surface area contributed by atoms with Gasteiger partial charge in [0.1, 0.15) is 6.10 Å². The third-order valence-corrected chi connectivity index (χ3v) is 4.88. The monoisotopic (exact) mass is 328 g/mol. The molecule has 9 heteroatoms. The number of ether oxygens (including phenoxy) is 3. The molecule has 1 saturated heterocycles. The second-order valence-corrected chi connectivity index (χ2v) is 6.61. The Morgan fingerprint density at radius 1 is 1.41 bits per heavy atom. The SMILES string of the molecule is COc1cc2c(cc1O[C@H]1CCOC1)C(O)=NS(=O)(=O)N2C. The van der Waals surface area contributed by atoms with Crippen LogP contribution < -0.4 is 13.8 Å². The third kappa shape index (κ3) is 2.46. The number of rotatable bonds is 3. The lowest BCUT2D eigenvalue weighted by Crippen LogP contribution is -2.31. The molecule has 0 aliphatic carbocycles. The Labute approximate surface area is 128 Å². The van der Waals surface area contributed by atoms with Crippen molar-refractivity contribution in [2.75, 3.05) is 31.7 Å². The number of aliphatic hydroxyl groups is 1. The van der Waals surface area contributed by atoms with E-state index in [4.69, 9.17) is 14.2 Å². The van der Waals surface area contributed by atoms with E-state index in [0.29, 0.717) is 24.7 Å². The molecular formula is C13H16N2O6S. The van der Waals surface area contributed by atoms with Crippen LogP contribution in [-0.4, -0.2) is 52.9 Å². The lowest BCUT2D eigenvalue weighted by Gasteiger charge is -2.25. The van der Waals surface area contributed by atoms with E-state index in [0.717, 1.165) is 10.7 Å². The van der Waals surface area contributed by atoms with Gasteiger partial charge in [-0.25, -0.2) is 0 Å². The number of benzene rings is 1. The summed E-state index contributed by atoms with van der Waals surface area (Å²) in [5, 5.41) is 9.89. The smallest absolute Gasteiger partial charge is 0.347 e. The summed E-state index contributed by atoms with van der Waals surface area (Å²) in [6.07, 6.45) is 0.658. The maximum absolute atomic E-state index is 11.8. The fraction of sp³-hybridized carbons (Fsp3) is 0.462. The van der Waals surface area contributed by atoms with Crippen LogP contribution in [0.5, 0.6) is 11.5 Å². The van der Waals surface area contributed by atoms with Gasteiger partial charge in [0.2, 0.25) is 5.90 Å². The van der Waals surface area contributed by atoms with Crippen LogP contribution >= 0.6 is 0 Å². The molecule has 0 unspecified atom stereocenters. The van der Waals surface area contributed by atoms with Gasteiger partial charge in [0, 0.05) is 19.5 Å². The van der Waals surface area contributed by atoms with Crippen molar-refractivity contribution in [1.29, 1.82) is 0 Å². The van der Waals surface area contributed by atoms with Gasteiger partial charge in [0.25, 0.3) is 0 Å². The van der Waals surface area contributed by atoms with Crippen LogP contribution in [0.25, 0.3) is 0 Å². The highest BCUT2D eigenvalue weighted by molar-refractivity contribution is 7.91. The van der Waals surface area contributed by atoms with Crippen molar-refractivity contribution < 1.29 is 27.7 Å². The van der Waals surface area contributed by atoms with E-state index in [-0.39, 0.29) is 17.4 Å². The zero-order valence-electron chi connectivity index (χ0n) is 12.1. The zero-order valence-corrected chi connectivity index (χ0v) is 13.0. The van der Waals surface area contributed by atoms with E-state index in [2.05, 4.69) is 4.40 Å². The number of nitrogens with zero attached hydrogens (tertiary/aromatic N) is 2. The van der Waals surface area contributed by atoms with Gasteiger partial charge in [0.15, 0.2) is 11.5 Å². The molecule has 0 bridgehead atoms. The Morgan fingerprint density at radius 3 is 2.82 bits per heavy atom. The van der Waals surface area contributed by atoms with Crippen LogP contribution in [0.1, 0.15) is 12.0 Å². The predicted octanol–water partition coefficient (Wildman–Crippen LogP) is 0.862. The minimum absolute atomic E-state index is 0.101. The molecule has 0 spiro atoms. The number of fused-ring (bicyclic) bond motifs is 1. The minimum Gasteiger partial charge on any atom is -0.493 e. The molecule has 1 fully saturated rings. The minimum atomic E-state index is -3.93. The fourth-order valence-electron chi connectivity index (χ4n) is 2.37. The summed E-state index contributed by atoms with van der Waals surface area (Å²) < 4.78 is 44.2. The molecule has 0 radical (unpaired) electrons. The summed E-state index contributed by atoms with van der Waals surface area (Å²) in [6, 6.07) is 3.03. The van der Waals surface area contributed by atoms with Crippen molar-refractivity contribution in [1.82, 2.24) is 0 Å². The molecule has 1 atom stereocenters. The molecule has 120 valence electrons. The first-order chi connectivity index (χ1) is 10.4. The van der Waals surface area contributed by atoms with Crippen LogP contribution in [0.15, 0.2) is 16.5 Å². The molecule has 0 saturated carbocycles. The van der Waals surface area contributed by atoms with Crippen molar-refractivity contribution in [3.63, 3.8) is 0 Å².